The van der Waals surface area contributed by atoms with E-state index in [4.69, 9.17) is 4.74 Å². The Bertz CT molecular complexity index is 1530. The third kappa shape index (κ3) is 7.32. The van der Waals surface area contributed by atoms with Crippen molar-refractivity contribution in [2.24, 2.45) is 0 Å². The Balaban J connectivity index is 1.76. The van der Waals surface area contributed by atoms with Gasteiger partial charge in [-0.05, 0) is 47.5 Å². The molecular formula is C32H33N3O5S. The molecule has 1 unspecified atom stereocenters. The van der Waals surface area contributed by atoms with Gasteiger partial charge in [0.1, 0.15) is 18.3 Å². The number of anilines is 1. The van der Waals surface area contributed by atoms with E-state index < -0.39 is 28.5 Å². The van der Waals surface area contributed by atoms with E-state index in [1.165, 1.54) is 31.2 Å². The van der Waals surface area contributed by atoms with Crippen LogP contribution in [0.3, 0.4) is 0 Å². The Morgan fingerprint density at radius 3 is 1.85 bits per heavy atom. The average molecular weight is 572 g/mol. The predicted molar refractivity (Wildman–Crippen MR) is 159 cm³/mol. The van der Waals surface area contributed by atoms with Gasteiger partial charge in [0.2, 0.25) is 11.8 Å². The monoisotopic (exact) mass is 571 g/mol. The normalized spacial score (nSPS) is 11.8. The van der Waals surface area contributed by atoms with Gasteiger partial charge >= 0.3 is 0 Å². The third-order valence-corrected chi connectivity index (χ3v) is 8.47. The number of nitrogens with zero attached hydrogens (tertiary/aromatic N) is 2. The summed E-state index contributed by atoms with van der Waals surface area (Å²) in [6, 6.07) is 32.3. The fourth-order valence-electron chi connectivity index (χ4n) is 4.50. The van der Waals surface area contributed by atoms with Crippen LogP contribution in [0.4, 0.5) is 5.69 Å². The van der Waals surface area contributed by atoms with E-state index in [-0.39, 0.29) is 23.8 Å². The van der Waals surface area contributed by atoms with Crippen molar-refractivity contribution in [2.45, 2.75) is 23.9 Å². The highest BCUT2D eigenvalue weighted by Gasteiger charge is 2.34. The second kappa shape index (κ2) is 13.6. The molecule has 0 spiro atoms. The van der Waals surface area contributed by atoms with Gasteiger partial charge in [0.15, 0.2) is 0 Å². The van der Waals surface area contributed by atoms with Gasteiger partial charge in [-0.2, -0.15) is 0 Å². The topological polar surface area (TPSA) is 96.0 Å². The van der Waals surface area contributed by atoms with Gasteiger partial charge in [-0.25, -0.2) is 8.42 Å². The van der Waals surface area contributed by atoms with E-state index in [1.807, 2.05) is 60.7 Å². The van der Waals surface area contributed by atoms with E-state index in [0.29, 0.717) is 11.4 Å². The number of rotatable bonds is 12. The fraction of sp³-hybridized carbons (Fsp3) is 0.188. The summed E-state index contributed by atoms with van der Waals surface area (Å²) in [5.74, 6) is -0.320. The van der Waals surface area contributed by atoms with Gasteiger partial charge in [-0.3, -0.25) is 13.9 Å². The van der Waals surface area contributed by atoms with Crippen LogP contribution in [-0.4, -0.2) is 51.9 Å². The fourth-order valence-corrected chi connectivity index (χ4v) is 5.93. The minimum Gasteiger partial charge on any atom is -0.497 e. The standard InChI is InChI=1S/C32H33N3O5S/c1-33-32(37)30(22-25-12-6-3-7-13-25)34(23-26-14-8-4-9-15-26)31(36)24-35(27-18-20-28(40-2)21-19-27)41(38,39)29-16-10-5-11-17-29/h3-21,30H,22-24H2,1-2H3,(H,33,37). The number of benzene rings is 4. The molecule has 8 nitrogen and oxygen atoms in total. The first-order valence-electron chi connectivity index (χ1n) is 13.1. The molecule has 4 aromatic carbocycles. The number of hydrogen-bond donors (Lipinski definition) is 1. The summed E-state index contributed by atoms with van der Waals surface area (Å²) >= 11 is 0. The zero-order chi connectivity index (χ0) is 29.2. The van der Waals surface area contributed by atoms with Crippen LogP contribution in [0.25, 0.3) is 0 Å². The second-order valence-corrected chi connectivity index (χ2v) is 11.2. The van der Waals surface area contributed by atoms with E-state index in [2.05, 4.69) is 5.32 Å². The molecule has 0 saturated carbocycles. The zero-order valence-electron chi connectivity index (χ0n) is 23.0. The number of sulfonamides is 1. The maximum absolute atomic E-state index is 14.2. The molecule has 0 aliphatic heterocycles. The lowest BCUT2D eigenvalue weighted by atomic mass is 10.0. The van der Waals surface area contributed by atoms with Crippen LogP contribution < -0.4 is 14.4 Å². The van der Waals surface area contributed by atoms with Crippen molar-refractivity contribution in [1.82, 2.24) is 10.2 Å². The van der Waals surface area contributed by atoms with E-state index in [0.717, 1.165) is 15.4 Å². The lowest BCUT2D eigenvalue weighted by molar-refractivity contribution is -0.139. The summed E-state index contributed by atoms with van der Waals surface area (Å²) in [6.45, 7) is -0.398. The van der Waals surface area contributed by atoms with Crippen LogP contribution in [0.2, 0.25) is 0 Å². The van der Waals surface area contributed by atoms with Crippen LogP contribution in [0.15, 0.2) is 120 Å². The van der Waals surface area contributed by atoms with Crippen LogP contribution >= 0.6 is 0 Å². The predicted octanol–water partition coefficient (Wildman–Crippen LogP) is 4.28. The minimum atomic E-state index is -4.14. The van der Waals surface area contributed by atoms with Crippen molar-refractivity contribution in [3.63, 3.8) is 0 Å². The number of amides is 2. The molecule has 4 aromatic rings. The van der Waals surface area contributed by atoms with Crippen LogP contribution in [0, 0.1) is 0 Å². The Kier molecular flexibility index (Phi) is 9.76. The van der Waals surface area contributed by atoms with E-state index in [1.54, 1.807) is 42.5 Å². The number of likely N-dealkylation sites (N-methyl/N-ethyl adjacent to an activating group) is 1. The molecule has 0 fully saturated rings. The molecular weight excluding hydrogens is 538 g/mol. The van der Waals surface area contributed by atoms with E-state index >= 15 is 0 Å². The molecule has 0 aliphatic carbocycles. The van der Waals surface area contributed by atoms with Crippen LogP contribution in [-0.2, 0) is 32.6 Å². The van der Waals surface area contributed by atoms with Crippen LogP contribution in [0.1, 0.15) is 11.1 Å². The molecule has 0 bridgehead atoms. The maximum Gasteiger partial charge on any atom is 0.264 e. The molecule has 0 aliphatic rings. The highest BCUT2D eigenvalue weighted by atomic mass is 32.2. The number of methoxy groups -OCH3 is 1. The summed E-state index contributed by atoms with van der Waals surface area (Å²) < 4.78 is 34.1. The quantitative estimate of drug-likeness (QED) is 0.274. The molecule has 2 amide bonds. The minimum absolute atomic E-state index is 0.0466. The smallest absolute Gasteiger partial charge is 0.264 e. The lowest BCUT2D eigenvalue weighted by Crippen LogP contribution is -2.53. The third-order valence-electron chi connectivity index (χ3n) is 6.68. The van der Waals surface area contributed by atoms with E-state index in [9.17, 15) is 18.0 Å². The highest BCUT2D eigenvalue weighted by molar-refractivity contribution is 7.92. The van der Waals surface area contributed by atoms with Crippen molar-refractivity contribution >= 4 is 27.5 Å². The van der Waals surface area contributed by atoms with Crippen molar-refractivity contribution in [2.75, 3.05) is 25.0 Å². The number of ether oxygens (including phenoxy) is 1. The number of carbonyl (C=O) groups excluding carboxylic acids is 2. The molecule has 0 aromatic heterocycles. The Hall–Kier alpha value is -4.63. The highest BCUT2D eigenvalue weighted by Crippen LogP contribution is 2.27. The summed E-state index contributed by atoms with van der Waals surface area (Å²) in [5.41, 5.74) is 1.97. The van der Waals surface area contributed by atoms with Crippen molar-refractivity contribution in [3.05, 3.63) is 126 Å². The molecule has 212 valence electrons. The summed E-state index contributed by atoms with van der Waals surface area (Å²) in [4.78, 5) is 28.9. The van der Waals surface area contributed by atoms with Crippen molar-refractivity contribution in [1.29, 1.82) is 0 Å². The van der Waals surface area contributed by atoms with Gasteiger partial charge in [0.05, 0.1) is 17.7 Å². The van der Waals surface area contributed by atoms with Gasteiger partial charge in [0.25, 0.3) is 10.0 Å². The Morgan fingerprint density at radius 1 is 0.780 bits per heavy atom. The SMILES string of the molecule is CNC(=O)C(Cc1ccccc1)N(Cc1ccccc1)C(=O)CN(c1ccc(OC)cc1)S(=O)(=O)c1ccccc1. The number of hydrogen-bond acceptors (Lipinski definition) is 5. The average Bonchev–Trinajstić information content (AvgIpc) is 3.02. The molecule has 1 N–H and O–H groups in total. The lowest BCUT2D eigenvalue weighted by Gasteiger charge is -2.33. The van der Waals surface area contributed by atoms with Crippen molar-refractivity contribution in [3.8, 4) is 5.75 Å². The van der Waals surface area contributed by atoms with Crippen LogP contribution in [0.5, 0.6) is 5.75 Å². The van der Waals surface area contributed by atoms with Crippen molar-refractivity contribution < 1.29 is 22.7 Å². The maximum atomic E-state index is 14.2. The Morgan fingerprint density at radius 2 is 1.32 bits per heavy atom. The van der Waals surface area contributed by atoms with Gasteiger partial charge < -0.3 is 15.0 Å². The van der Waals surface area contributed by atoms with Gasteiger partial charge in [0, 0.05) is 20.0 Å². The molecule has 0 heterocycles. The molecule has 4 rings (SSSR count). The van der Waals surface area contributed by atoms with Gasteiger partial charge in [-0.1, -0.05) is 78.9 Å². The first kappa shape index (κ1) is 29.4. The zero-order valence-corrected chi connectivity index (χ0v) is 23.8. The first-order valence-corrected chi connectivity index (χ1v) is 14.6. The first-order chi connectivity index (χ1) is 19.8. The largest absolute Gasteiger partial charge is 0.497 e. The molecule has 0 saturated heterocycles. The second-order valence-electron chi connectivity index (χ2n) is 9.35. The molecule has 0 radical (unpaired) electrons. The summed E-state index contributed by atoms with van der Waals surface area (Å²) in [5, 5.41) is 2.68. The summed E-state index contributed by atoms with van der Waals surface area (Å²) in [7, 11) is -1.10. The summed E-state index contributed by atoms with van der Waals surface area (Å²) in [6.07, 6.45) is 0.257. The number of nitrogens with one attached hydrogen (secondary N) is 1. The number of carbonyl (C=O) groups is 2. The molecule has 9 heteroatoms. The Labute approximate surface area is 241 Å². The van der Waals surface area contributed by atoms with Gasteiger partial charge in [-0.15, -0.1) is 0 Å². The molecule has 41 heavy (non-hydrogen) atoms. The molecule has 1 atom stereocenters.